The monoisotopic (exact) mass is 294 g/mol. The number of benzene rings is 2. The minimum absolute atomic E-state index is 0.0130. The number of hydrogen-bond acceptors (Lipinski definition) is 2. The Bertz CT molecular complexity index is 736. The van der Waals surface area contributed by atoms with Crippen molar-refractivity contribution in [2.45, 2.75) is 25.7 Å². The molecule has 0 aliphatic carbocycles. The van der Waals surface area contributed by atoms with Gasteiger partial charge in [0.25, 0.3) is 5.91 Å². The summed E-state index contributed by atoms with van der Waals surface area (Å²) < 4.78 is 0. The molecule has 2 aromatic rings. The number of amides is 2. The molecule has 0 fully saturated rings. The van der Waals surface area contributed by atoms with Crippen molar-refractivity contribution >= 4 is 23.2 Å². The quantitative estimate of drug-likeness (QED) is 0.889. The van der Waals surface area contributed by atoms with Crippen LogP contribution in [0.2, 0.25) is 0 Å². The maximum Gasteiger partial charge on any atom is 0.255 e. The molecule has 0 spiro atoms. The van der Waals surface area contributed by atoms with E-state index in [4.69, 9.17) is 0 Å². The molecular weight excluding hydrogens is 276 g/mol. The fraction of sp³-hybridized carbons (Fsp3) is 0.222. The zero-order valence-corrected chi connectivity index (χ0v) is 12.6. The van der Waals surface area contributed by atoms with Crippen LogP contribution in [-0.2, 0) is 10.2 Å². The lowest BCUT2D eigenvalue weighted by Crippen LogP contribution is -2.32. The number of nitrogens with one attached hydrogen (secondary N) is 2. The summed E-state index contributed by atoms with van der Waals surface area (Å²) >= 11 is 0. The van der Waals surface area contributed by atoms with Gasteiger partial charge < -0.3 is 10.6 Å². The first-order chi connectivity index (χ1) is 10.5. The first-order valence-corrected chi connectivity index (χ1v) is 7.26. The average Bonchev–Trinajstić information content (AvgIpc) is 2.47. The Labute approximate surface area is 129 Å². The lowest BCUT2D eigenvalue weighted by atomic mass is 9.77. The predicted octanol–water partition coefficient (Wildman–Crippen LogP) is 3.56. The second-order valence-corrected chi connectivity index (χ2v) is 6.19. The maximum atomic E-state index is 12.4. The summed E-state index contributed by atoms with van der Waals surface area (Å²) in [4.78, 5) is 24.1. The van der Waals surface area contributed by atoms with Crippen LogP contribution in [0.3, 0.4) is 0 Å². The van der Waals surface area contributed by atoms with E-state index in [1.807, 2.05) is 50.2 Å². The van der Waals surface area contributed by atoms with E-state index in [1.54, 1.807) is 12.1 Å². The van der Waals surface area contributed by atoms with Gasteiger partial charge in [0, 0.05) is 28.8 Å². The number of carbonyl (C=O) groups excluding carboxylic acids is 2. The topological polar surface area (TPSA) is 58.2 Å². The van der Waals surface area contributed by atoms with Gasteiger partial charge in [-0.2, -0.15) is 0 Å². The van der Waals surface area contributed by atoms with Crippen LogP contribution < -0.4 is 10.6 Å². The molecule has 0 aromatic heterocycles. The molecule has 0 saturated carbocycles. The summed E-state index contributed by atoms with van der Waals surface area (Å²) in [6.07, 6.45) is 0.420. The molecule has 0 atom stereocenters. The lowest BCUT2D eigenvalue weighted by molar-refractivity contribution is -0.117. The Morgan fingerprint density at radius 1 is 1.14 bits per heavy atom. The largest absolute Gasteiger partial charge is 0.326 e. The molecule has 0 radical (unpaired) electrons. The van der Waals surface area contributed by atoms with Crippen LogP contribution in [0.25, 0.3) is 0 Å². The minimum atomic E-state index is -0.277. The van der Waals surface area contributed by atoms with E-state index in [2.05, 4.69) is 10.6 Å². The van der Waals surface area contributed by atoms with Gasteiger partial charge in [-0.15, -0.1) is 0 Å². The van der Waals surface area contributed by atoms with Crippen LogP contribution in [0.4, 0.5) is 11.4 Å². The van der Waals surface area contributed by atoms with Gasteiger partial charge >= 0.3 is 0 Å². The highest BCUT2D eigenvalue weighted by Gasteiger charge is 2.32. The third kappa shape index (κ3) is 2.72. The fourth-order valence-corrected chi connectivity index (χ4v) is 2.77. The van der Waals surface area contributed by atoms with Gasteiger partial charge in [0.15, 0.2) is 0 Å². The summed E-state index contributed by atoms with van der Waals surface area (Å²) in [5.74, 6) is -0.138. The second kappa shape index (κ2) is 5.30. The molecular formula is C18H18N2O2. The lowest BCUT2D eigenvalue weighted by Gasteiger charge is -2.32. The van der Waals surface area contributed by atoms with E-state index >= 15 is 0 Å². The SMILES string of the molecule is CC1(C)CC(=O)Nc2ccc(C(=O)Nc3ccccc3)cc21. The van der Waals surface area contributed by atoms with Crippen molar-refractivity contribution in [2.24, 2.45) is 0 Å². The molecule has 2 aromatic carbocycles. The minimum Gasteiger partial charge on any atom is -0.326 e. The van der Waals surface area contributed by atoms with E-state index in [0.29, 0.717) is 12.0 Å². The smallest absolute Gasteiger partial charge is 0.255 e. The maximum absolute atomic E-state index is 12.4. The molecule has 4 nitrogen and oxygen atoms in total. The molecule has 1 aliphatic heterocycles. The predicted molar refractivity (Wildman–Crippen MR) is 87.1 cm³/mol. The Morgan fingerprint density at radius 2 is 1.86 bits per heavy atom. The molecule has 2 amide bonds. The van der Waals surface area contributed by atoms with Crippen LogP contribution >= 0.6 is 0 Å². The average molecular weight is 294 g/mol. The Morgan fingerprint density at radius 3 is 2.59 bits per heavy atom. The van der Waals surface area contributed by atoms with Gasteiger partial charge in [0.05, 0.1) is 0 Å². The number of para-hydroxylation sites is 1. The van der Waals surface area contributed by atoms with E-state index in [1.165, 1.54) is 0 Å². The normalized spacial score (nSPS) is 15.6. The van der Waals surface area contributed by atoms with E-state index in [9.17, 15) is 9.59 Å². The van der Waals surface area contributed by atoms with Crippen molar-refractivity contribution in [3.8, 4) is 0 Å². The molecule has 112 valence electrons. The van der Waals surface area contributed by atoms with Gasteiger partial charge in [-0.25, -0.2) is 0 Å². The fourth-order valence-electron chi connectivity index (χ4n) is 2.77. The number of hydrogen-bond donors (Lipinski definition) is 2. The van der Waals surface area contributed by atoms with Crippen LogP contribution in [-0.4, -0.2) is 11.8 Å². The van der Waals surface area contributed by atoms with Crippen molar-refractivity contribution in [2.75, 3.05) is 10.6 Å². The van der Waals surface area contributed by atoms with Gasteiger partial charge in [-0.1, -0.05) is 32.0 Å². The van der Waals surface area contributed by atoms with Crippen LogP contribution in [0.5, 0.6) is 0 Å². The molecule has 1 heterocycles. The van der Waals surface area contributed by atoms with Gasteiger partial charge in [0.1, 0.15) is 0 Å². The van der Waals surface area contributed by atoms with Crippen molar-refractivity contribution < 1.29 is 9.59 Å². The first-order valence-electron chi connectivity index (χ1n) is 7.26. The van der Waals surface area contributed by atoms with Gasteiger partial charge in [0.2, 0.25) is 5.91 Å². The van der Waals surface area contributed by atoms with E-state index < -0.39 is 0 Å². The van der Waals surface area contributed by atoms with Crippen molar-refractivity contribution in [1.29, 1.82) is 0 Å². The summed E-state index contributed by atoms with van der Waals surface area (Å²) in [7, 11) is 0. The van der Waals surface area contributed by atoms with Crippen molar-refractivity contribution in [3.63, 3.8) is 0 Å². The zero-order valence-electron chi connectivity index (χ0n) is 12.6. The van der Waals surface area contributed by atoms with Gasteiger partial charge in [-0.3, -0.25) is 9.59 Å². The molecule has 0 bridgehead atoms. The third-order valence-electron chi connectivity index (χ3n) is 3.92. The highest BCUT2D eigenvalue weighted by Crippen LogP contribution is 2.37. The van der Waals surface area contributed by atoms with E-state index in [0.717, 1.165) is 16.9 Å². The zero-order chi connectivity index (χ0) is 15.7. The number of anilines is 2. The Balaban J connectivity index is 1.90. The summed E-state index contributed by atoms with van der Waals surface area (Å²) in [6.45, 7) is 4.03. The van der Waals surface area contributed by atoms with Crippen LogP contribution in [0, 0.1) is 0 Å². The highest BCUT2D eigenvalue weighted by molar-refractivity contribution is 6.05. The Hall–Kier alpha value is -2.62. The molecule has 4 heteroatoms. The molecule has 2 N–H and O–H groups in total. The molecule has 0 saturated heterocycles. The van der Waals surface area contributed by atoms with Crippen molar-refractivity contribution in [1.82, 2.24) is 0 Å². The third-order valence-corrected chi connectivity index (χ3v) is 3.92. The van der Waals surface area contributed by atoms with Crippen molar-refractivity contribution in [3.05, 3.63) is 59.7 Å². The molecule has 22 heavy (non-hydrogen) atoms. The highest BCUT2D eigenvalue weighted by atomic mass is 16.2. The van der Waals surface area contributed by atoms with Crippen LogP contribution in [0.15, 0.2) is 48.5 Å². The second-order valence-electron chi connectivity index (χ2n) is 6.19. The van der Waals surface area contributed by atoms with Gasteiger partial charge in [-0.05, 0) is 35.9 Å². The first kappa shape index (κ1) is 14.3. The van der Waals surface area contributed by atoms with E-state index in [-0.39, 0.29) is 17.2 Å². The molecule has 1 aliphatic rings. The number of carbonyl (C=O) groups is 2. The molecule has 0 unspecified atom stereocenters. The molecule has 3 rings (SSSR count). The standard InChI is InChI=1S/C18H18N2O2/c1-18(2)11-16(21)20-15-9-8-12(10-14(15)18)17(22)19-13-6-4-3-5-7-13/h3-10H,11H2,1-2H3,(H,19,22)(H,20,21). The summed E-state index contributed by atoms with van der Waals surface area (Å²) in [5.41, 5.74) is 2.86. The Kier molecular flexibility index (Phi) is 3.45. The number of fused-ring (bicyclic) bond motifs is 1. The van der Waals surface area contributed by atoms with Crippen LogP contribution in [0.1, 0.15) is 36.2 Å². The summed E-state index contributed by atoms with van der Waals surface area (Å²) in [5, 5.41) is 5.74. The summed E-state index contributed by atoms with van der Waals surface area (Å²) in [6, 6.07) is 14.8. The number of rotatable bonds is 2.